The molecule has 2 aliphatic heterocycles. The van der Waals surface area contributed by atoms with Crippen LogP contribution in [0, 0.1) is 21.3 Å². The number of piperidine rings is 1. The Kier molecular flexibility index (Phi) is 11.8. The van der Waals surface area contributed by atoms with Crippen LogP contribution in [-0.4, -0.2) is 69.4 Å². The zero-order valence-electron chi connectivity index (χ0n) is 36.8. The van der Waals surface area contributed by atoms with Crippen molar-refractivity contribution in [3.05, 3.63) is 147 Å². The maximum Gasteiger partial charge on any atom is 0.293 e. The van der Waals surface area contributed by atoms with Gasteiger partial charge in [-0.3, -0.25) is 29.4 Å². The fraction of sp³-hybridized carbons (Fsp3) is 0.373. The predicted molar refractivity (Wildman–Crippen MR) is 254 cm³/mol. The summed E-state index contributed by atoms with van der Waals surface area (Å²) in [6.45, 7) is 10.5. The molecule has 65 heavy (non-hydrogen) atoms. The molecule has 4 aromatic carbocycles. The van der Waals surface area contributed by atoms with E-state index in [1.165, 1.54) is 72.5 Å². The highest BCUT2D eigenvalue weighted by Gasteiger charge is 2.50. The molecule has 4 fully saturated rings. The number of nitro groups is 1. The van der Waals surface area contributed by atoms with E-state index < -0.39 is 16.6 Å². The van der Waals surface area contributed by atoms with Crippen LogP contribution in [0.1, 0.15) is 103 Å². The number of rotatable bonds is 13. The van der Waals surface area contributed by atoms with Crippen LogP contribution >= 0.6 is 11.9 Å². The van der Waals surface area contributed by atoms with Crippen molar-refractivity contribution >= 4 is 46.0 Å². The molecule has 6 aromatic rings. The molecule has 1 amide bonds. The third-order valence-corrected chi connectivity index (χ3v) is 15.0. The molecule has 4 N–H and O–H groups in total. The first kappa shape index (κ1) is 43.0. The summed E-state index contributed by atoms with van der Waals surface area (Å²) in [6.07, 6.45) is 9.92. The third kappa shape index (κ3) is 9.03. The van der Waals surface area contributed by atoms with Gasteiger partial charge in [-0.1, -0.05) is 62.4 Å². The molecule has 0 bridgehead atoms. The first-order chi connectivity index (χ1) is 31.5. The minimum absolute atomic E-state index is 0.0359. The van der Waals surface area contributed by atoms with E-state index in [9.17, 15) is 19.3 Å². The lowest BCUT2D eigenvalue weighted by Crippen LogP contribution is -2.60. The van der Waals surface area contributed by atoms with Gasteiger partial charge in [0.15, 0.2) is 0 Å². The van der Waals surface area contributed by atoms with Crippen LogP contribution in [0.2, 0.25) is 0 Å². The molecular formula is C51H55FN8O4S. The first-order valence-electron chi connectivity index (χ1n) is 22.9. The second kappa shape index (κ2) is 17.8. The summed E-state index contributed by atoms with van der Waals surface area (Å²) in [5, 5.41) is 11.8. The van der Waals surface area contributed by atoms with Gasteiger partial charge in [0.1, 0.15) is 28.7 Å². The molecule has 4 aliphatic rings. The van der Waals surface area contributed by atoms with Gasteiger partial charge in [0, 0.05) is 80.3 Å². The maximum absolute atomic E-state index is 14.6. The minimum atomic E-state index is -0.558. The molecule has 12 nitrogen and oxygen atoms in total. The van der Waals surface area contributed by atoms with E-state index in [1.54, 1.807) is 18.2 Å². The van der Waals surface area contributed by atoms with Gasteiger partial charge in [0.25, 0.3) is 11.6 Å². The Morgan fingerprint density at radius 2 is 1.80 bits per heavy atom. The summed E-state index contributed by atoms with van der Waals surface area (Å²) in [5.41, 5.74) is 13.3. The number of amides is 1. The van der Waals surface area contributed by atoms with Gasteiger partial charge in [-0.2, -0.15) is 0 Å². The fourth-order valence-electron chi connectivity index (χ4n) is 10.5. The van der Waals surface area contributed by atoms with Gasteiger partial charge >= 0.3 is 0 Å². The Hall–Kier alpha value is -5.96. The molecule has 4 heterocycles. The summed E-state index contributed by atoms with van der Waals surface area (Å²) in [5.74, 6) is 0.866. The predicted octanol–water partition coefficient (Wildman–Crippen LogP) is 10.7. The number of carbonyl (C=O) groups excluding carboxylic acids is 1. The average Bonchev–Trinajstić information content (AvgIpc) is 4.10. The molecule has 2 saturated heterocycles. The number of H-pyrrole nitrogens is 1. The number of piperazine rings is 1. The summed E-state index contributed by atoms with van der Waals surface area (Å²) in [4.78, 5) is 40.1. The van der Waals surface area contributed by atoms with Crippen molar-refractivity contribution in [2.24, 2.45) is 5.41 Å². The van der Waals surface area contributed by atoms with Crippen LogP contribution in [-0.2, 0) is 6.54 Å². The molecule has 1 unspecified atom stereocenters. The number of hydrogen-bond acceptors (Lipinski definition) is 10. The zero-order valence-corrected chi connectivity index (χ0v) is 37.7. The molecule has 1 atom stereocenters. The monoisotopic (exact) mass is 894 g/mol. The van der Waals surface area contributed by atoms with E-state index in [1.807, 2.05) is 12.1 Å². The number of nitrogens with one attached hydrogen (secondary N) is 2. The van der Waals surface area contributed by atoms with E-state index in [0.29, 0.717) is 34.0 Å². The quantitative estimate of drug-likeness (QED) is 0.0443. The van der Waals surface area contributed by atoms with Gasteiger partial charge in [0.2, 0.25) is 0 Å². The van der Waals surface area contributed by atoms with Gasteiger partial charge in [0.05, 0.1) is 22.1 Å². The van der Waals surface area contributed by atoms with Crippen LogP contribution < -0.4 is 20.1 Å². The summed E-state index contributed by atoms with van der Waals surface area (Å²) < 4.78 is 23.7. The molecule has 336 valence electrons. The highest BCUT2D eigenvalue weighted by Crippen LogP contribution is 2.53. The number of nitrogen functional groups attached to an aromatic ring is 1. The fourth-order valence-corrected chi connectivity index (χ4v) is 11.1. The number of ether oxygens (including phenoxy) is 1. The van der Waals surface area contributed by atoms with Crippen molar-refractivity contribution in [1.82, 2.24) is 24.5 Å². The Morgan fingerprint density at radius 1 is 1.02 bits per heavy atom. The second-order valence-corrected chi connectivity index (χ2v) is 19.7. The van der Waals surface area contributed by atoms with Gasteiger partial charge < -0.3 is 20.4 Å². The van der Waals surface area contributed by atoms with E-state index >= 15 is 0 Å². The van der Waals surface area contributed by atoms with E-state index in [2.05, 4.69) is 91.8 Å². The topological polar surface area (TPSA) is 146 Å². The lowest BCUT2D eigenvalue weighted by atomic mass is 9.59. The van der Waals surface area contributed by atoms with Crippen molar-refractivity contribution in [3.8, 4) is 11.5 Å². The number of halogens is 1. The number of benzene rings is 4. The number of hydrogen-bond donors (Lipinski definition) is 3. The number of fused-ring (bicyclic) bond motifs is 1. The molecule has 2 saturated carbocycles. The smallest absolute Gasteiger partial charge is 0.293 e. The SMILES string of the molecule is CC(C)c1ccccc1C1CN(Cc2ccc(C3CC3)cc2)CCN1C1CC2(CCN(c3ccc(C(=O)NSc4ccc(N)c([N+](=O)[O-])c4)c(Oc4cnc5[nH]cc(F)c5c4)c3)CC2)C1. The van der Waals surface area contributed by atoms with Crippen molar-refractivity contribution in [2.75, 3.05) is 43.4 Å². The number of aromatic amines is 1. The molecule has 10 rings (SSSR count). The van der Waals surface area contributed by atoms with Crippen molar-refractivity contribution < 1.29 is 18.8 Å². The Balaban J connectivity index is 0.830. The van der Waals surface area contributed by atoms with Gasteiger partial charge in [-0.25, -0.2) is 9.37 Å². The largest absolute Gasteiger partial charge is 0.455 e. The lowest BCUT2D eigenvalue weighted by molar-refractivity contribution is -0.384. The number of pyridine rings is 1. The summed E-state index contributed by atoms with van der Waals surface area (Å²) in [7, 11) is 0. The van der Waals surface area contributed by atoms with E-state index in [-0.39, 0.29) is 33.8 Å². The Labute approximate surface area is 383 Å². The molecule has 14 heteroatoms. The number of nitrogens with zero attached hydrogens (tertiary/aromatic N) is 5. The van der Waals surface area contributed by atoms with Gasteiger partial charge in [-0.05, 0) is 120 Å². The Morgan fingerprint density at radius 3 is 2.55 bits per heavy atom. The van der Waals surface area contributed by atoms with Crippen LogP contribution in [0.4, 0.5) is 21.5 Å². The van der Waals surface area contributed by atoms with Crippen LogP contribution in [0.15, 0.2) is 108 Å². The lowest BCUT2D eigenvalue weighted by Gasteiger charge is -2.58. The van der Waals surface area contributed by atoms with Crippen molar-refractivity contribution in [3.63, 3.8) is 0 Å². The summed E-state index contributed by atoms with van der Waals surface area (Å²) >= 11 is 0.941. The summed E-state index contributed by atoms with van der Waals surface area (Å²) in [6, 6.07) is 30.9. The molecule has 2 aliphatic carbocycles. The van der Waals surface area contributed by atoms with E-state index in [4.69, 9.17) is 10.5 Å². The number of anilines is 2. The molecular weight excluding hydrogens is 840 g/mol. The number of nitro benzene ring substituents is 1. The van der Waals surface area contributed by atoms with E-state index in [0.717, 1.165) is 75.7 Å². The normalized spacial score (nSPS) is 19.1. The highest BCUT2D eigenvalue weighted by atomic mass is 32.2. The second-order valence-electron chi connectivity index (χ2n) is 18.8. The number of aromatic nitrogens is 2. The van der Waals surface area contributed by atoms with Crippen LogP contribution in [0.3, 0.4) is 0 Å². The number of nitrogens with two attached hydrogens (primary N) is 1. The molecule has 0 radical (unpaired) electrons. The molecule has 1 spiro atoms. The van der Waals surface area contributed by atoms with Crippen LogP contribution in [0.25, 0.3) is 11.0 Å². The van der Waals surface area contributed by atoms with Gasteiger partial charge in [-0.15, -0.1) is 0 Å². The minimum Gasteiger partial charge on any atom is -0.455 e. The van der Waals surface area contributed by atoms with Crippen molar-refractivity contribution in [1.29, 1.82) is 0 Å². The Bertz CT molecular complexity index is 2730. The van der Waals surface area contributed by atoms with Crippen molar-refractivity contribution in [2.45, 2.75) is 87.7 Å². The molecule has 2 aromatic heterocycles. The standard InChI is InChI=1S/C51H55FN8O4S/c1-32(2)40-5-3-4-6-41(40)47-31-57(30-33-7-9-34(10-8-33)35-11-12-35)21-22-59(47)37-26-51(27-37)17-19-58(20-18-51)36-13-15-42(50(61)56-65-39-14-16-45(53)46(25-39)60(62)63)48(23-36)64-38-24-43-44(52)29-55-49(43)54-28-38/h3-10,13-16,23-25,28-29,32,35,37,47H,11-12,17-22,26-27,30-31,53H2,1-2H3,(H,54,55)(H,56,61). The number of carbonyl (C=O) groups is 1. The van der Waals surface area contributed by atoms with Crippen LogP contribution in [0.5, 0.6) is 11.5 Å². The average molecular weight is 895 g/mol. The third-order valence-electron chi connectivity index (χ3n) is 14.3. The first-order valence-corrected chi connectivity index (χ1v) is 23.7. The highest BCUT2D eigenvalue weighted by molar-refractivity contribution is 7.98. The maximum atomic E-state index is 14.6. The zero-order chi connectivity index (χ0) is 44.8.